The molecule has 0 unspecified atom stereocenters. The van der Waals surface area contributed by atoms with Crippen molar-refractivity contribution in [3.63, 3.8) is 0 Å². The van der Waals surface area contributed by atoms with E-state index in [1.165, 1.54) is 38.5 Å². The van der Waals surface area contributed by atoms with Crippen LogP contribution in [0.3, 0.4) is 0 Å². The van der Waals surface area contributed by atoms with Crippen molar-refractivity contribution in [2.45, 2.75) is 104 Å². The van der Waals surface area contributed by atoms with Crippen LogP contribution >= 0.6 is 0 Å². The standard InChI is InChI=1S/C20H46O4Si2/c1-7-21-25(11-5,22-8-2)19-17-15-13-14-16-18-20-26(12-6,23-9-3)24-10-4/h7-20H2,1-6H3. The van der Waals surface area contributed by atoms with Gasteiger partial charge in [0, 0.05) is 26.4 Å². The minimum atomic E-state index is -1.92. The molecule has 0 rings (SSSR count). The molecule has 26 heavy (non-hydrogen) atoms. The highest BCUT2D eigenvalue weighted by atomic mass is 28.4. The van der Waals surface area contributed by atoms with Gasteiger partial charge in [-0.25, -0.2) is 0 Å². The van der Waals surface area contributed by atoms with Crippen molar-refractivity contribution >= 4 is 17.1 Å². The molecule has 0 aliphatic rings. The van der Waals surface area contributed by atoms with Gasteiger partial charge in [-0.3, -0.25) is 0 Å². The first-order valence-electron chi connectivity index (χ1n) is 11.1. The van der Waals surface area contributed by atoms with Gasteiger partial charge in [0.05, 0.1) is 0 Å². The van der Waals surface area contributed by atoms with Crippen LogP contribution in [0.25, 0.3) is 0 Å². The minimum absolute atomic E-state index is 0.781. The number of hydrogen-bond acceptors (Lipinski definition) is 4. The Hall–Kier alpha value is 0.274. The smallest absolute Gasteiger partial charge is 0.337 e. The summed E-state index contributed by atoms with van der Waals surface area (Å²) in [6, 6.07) is 4.41. The molecule has 0 bridgehead atoms. The number of rotatable bonds is 19. The van der Waals surface area contributed by atoms with Gasteiger partial charge in [0.1, 0.15) is 0 Å². The van der Waals surface area contributed by atoms with Crippen molar-refractivity contribution in [2.24, 2.45) is 0 Å². The first-order chi connectivity index (χ1) is 12.6. The number of unbranched alkanes of at least 4 members (excludes halogenated alkanes) is 5. The zero-order valence-electron chi connectivity index (χ0n) is 18.5. The van der Waals surface area contributed by atoms with Crippen LogP contribution in [0, 0.1) is 0 Å². The Morgan fingerprint density at radius 2 is 0.692 bits per heavy atom. The molecule has 4 nitrogen and oxygen atoms in total. The normalized spacial score (nSPS) is 12.7. The molecule has 158 valence electrons. The summed E-state index contributed by atoms with van der Waals surface area (Å²) in [5.41, 5.74) is 0. The third kappa shape index (κ3) is 10.6. The Morgan fingerprint density at radius 3 is 0.923 bits per heavy atom. The van der Waals surface area contributed by atoms with Crippen molar-refractivity contribution in [3.05, 3.63) is 0 Å². The van der Waals surface area contributed by atoms with Crippen LogP contribution in [0.1, 0.15) is 80.1 Å². The van der Waals surface area contributed by atoms with Crippen LogP contribution < -0.4 is 0 Å². The highest BCUT2D eigenvalue weighted by Crippen LogP contribution is 2.25. The van der Waals surface area contributed by atoms with Gasteiger partial charge >= 0.3 is 17.1 Å². The maximum atomic E-state index is 6.05. The largest absolute Gasteiger partial charge is 0.394 e. The van der Waals surface area contributed by atoms with E-state index in [-0.39, 0.29) is 0 Å². The molecule has 0 aromatic carbocycles. The Balaban J connectivity index is 3.98. The van der Waals surface area contributed by atoms with Gasteiger partial charge in [0.2, 0.25) is 0 Å². The van der Waals surface area contributed by atoms with Crippen LogP contribution in [0.5, 0.6) is 0 Å². The molecule has 0 radical (unpaired) electrons. The van der Waals surface area contributed by atoms with Gasteiger partial charge in [0.25, 0.3) is 0 Å². The van der Waals surface area contributed by atoms with Crippen molar-refractivity contribution in [2.75, 3.05) is 26.4 Å². The van der Waals surface area contributed by atoms with Gasteiger partial charge in [-0.1, -0.05) is 52.4 Å². The average molecular weight is 407 g/mol. The topological polar surface area (TPSA) is 36.9 Å². The summed E-state index contributed by atoms with van der Waals surface area (Å²) in [6.45, 7) is 15.9. The molecule has 0 fully saturated rings. The molecule has 0 amide bonds. The quantitative estimate of drug-likeness (QED) is 0.184. The van der Waals surface area contributed by atoms with Crippen molar-refractivity contribution in [1.29, 1.82) is 0 Å². The second-order valence-electron chi connectivity index (χ2n) is 6.88. The molecule has 0 atom stereocenters. The van der Waals surface area contributed by atoms with E-state index >= 15 is 0 Å². The Labute approximate surface area is 165 Å². The highest BCUT2D eigenvalue weighted by Gasteiger charge is 2.35. The first kappa shape index (κ1) is 26.3. The Kier molecular flexibility index (Phi) is 16.4. The zero-order chi connectivity index (χ0) is 19.7. The molecule has 0 spiro atoms. The van der Waals surface area contributed by atoms with Crippen molar-refractivity contribution in [3.8, 4) is 0 Å². The van der Waals surface area contributed by atoms with Crippen molar-refractivity contribution in [1.82, 2.24) is 0 Å². The fraction of sp³-hybridized carbons (Fsp3) is 1.00. The first-order valence-corrected chi connectivity index (χ1v) is 15.6. The predicted octanol–water partition coefficient (Wildman–Crippen LogP) is 6.40. The van der Waals surface area contributed by atoms with Crippen LogP contribution in [0.4, 0.5) is 0 Å². The summed E-state index contributed by atoms with van der Waals surface area (Å²) < 4.78 is 24.2. The summed E-state index contributed by atoms with van der Waals surface area (Å²) in [7, 11) is -3.84. The molecule has 0 aromatic rings. The van der Waals surface area contributed by atoms with E-state index in [2.05, 4.69) is 41.5 Å². The maximum absolute atomic E-state index is 6.05. The molecule has 0 aliphatic heterocycles. The van der Waals surface area contributed by atoms with E-state index in [0.717, 1.165) is 50.6 Å². The highest BCUT2D eigenvalue weighted by molar-refractivity contribution is 6.67. The lowest BCUT2D eigenvalue weighted by Gasteiger charge is -2.29. The van der Waals surface area contributed by atoms with Crippen molar-refractivity contribution < 1.29 is 17.7 Å². The van der Waals surface area contributed by atoms with Crippen LogP contribution in [-0.4, -0.2) is 43.5 Å². The fourth-order valence-corrected chi connectivity index (χ4v) is 9.63. The average Bonchev–Trinajstić information content (AvgIpc) is 2.64. The Bertz CT molecular complexity index is 274. The molecule has 0 N–H and O–H groups in total. The molecule has 0 aromatic heterocycles. The van der Waals surface area contributed by atoms with E-state index in [9.17, 15) is 0 Å². The van der Waals surface area contributed by atoms with Crippen LogP contribution in [0.2, 0.25) is 24.2 Å². The summed E-state index contributed by atoms with van der Waals surface area (Å²) >= 11 is 0. The molecule has 0 heterocycles. The van der Waals surface area contributed by atoms with Gasteiger partial charge < -0.3 is 17.7 Å². The molecule has 6 heteroatoms. The molecular formula is C20H46O4Si2. The van der Waals surface area contributed by atoms with E-state index in [4.69, 9.17) is 17.7 Å². The zero-order valence-corrected chi connectivity index (χ0v) is 20.5. The predicted molar refractivity (Wildman–Crippen MR) is 116 cm³/mol. The fourth-order valence-electron chi connectivity index (χ4n) is 3.68. The monoisotopic (exact) mass is 406 g/mol. The lowest BCUT2D eigenvalue weighted by molar-refractivity contribution is 0.181. The second kappa shape index (κ2) is 16.2. The van der Waals surface area contributed by atoms with Gasteiger partial charge in [-0.05, 0) is 51.9 Å². The lowest BCUT2D eigenvalue weighted by Crippen LogP contribution is -2.41. The third-order valence-corrected chi connectivity index (χ3v) is 12.7. The summed E-state index contributed by atoms with van der Waals surface area (Å²) in [4.78, 5) is 0. The van der Waals surface area contributed by atoms with E-state index in [0.29, 0.717) is 0 Å². The van der Waals surface area contributed by atoms with E-state index in [1.807, 2.05) is 0 Å². The van der Waals surface area contributed by atoms with Crippen LogP contribution in [-0.2, 0) is 17.7 Å². The van der Waals surface area contributed by atoms with Gasteiger partial charge in [-0.15, -0.1) is 0 Å². The van der Waals surface area contributed by atoms with E-state index < -0.39 is 17.1 Å². The van der Waals surface area contributed by atoms with Gasteiger partial charge in [0.15, 0.2) is 0 Å². The maximum Gasteiger partial charge on any atom is 0.337 e. The summed E-state index contributed by atoms with van der Waals surface area (Å²) in [6.07, 6.45) is 7.70. The SMILES string of the molecule is CCO[Si](CC)(CCCCCCCC[Si](CC)(OCC)OCC)OCC. The van der Waals surface area contributed by atoms with Crippen LogP contribution in [0.15, 0.2) is 0 Å². The summed E-state index contributed by atoms with van der Waals surface area (Å²) in [5, 5.41) is 0. The molecule has 0 saturated heterocycles. The third-order valence-electron chi connectivity index (χ3n) is 5.07. The molecule has 0 aliphatic carbocycles. The van der Waals surface area contributed by atoms with Gasteiger partial charge in [-0.2, -0.15) is 0 Å². The number of hydrogen-bond donors (Lipinski definition) is 0. The second-order valence-corrected chi connectivity index (χ2v) is 14.1. The minimum Gasteiger partial charge on any atom is -0.394 e. The van der Waals surface area contributed by atoms with E-state index in [1.54, 1.807) is 0 Å². The molecular weight excluding hydrogens is 360 g/mol. The lowest BCUT2D eigenvalue weighted by atomic mass is 10.1. The molecule has 0 saturated carbocycles. The summed E-state index contributed by atoms with van der Waals surface area (Å²) in [5.74, 6) is 0. The Morgan fingerprint density at radius 1 is 0.423 bits per heavy atom.